The van der Waals surface area contributed by atoms with Gasteiger partial charge in [-0.25, -0.2) is 4.79 Å². The SMILES string of the molecule is CCCCCC(=O)Oc1cc(C(=O)OC2Cc3c(O)cc(O)cc3OC2c2cc(OC(=O)CCCCC)c(O)c(OC(=O)CCCCC)c2)cc(OC(C)=O)c1O. The van der Waals surface area contributed by atoms with E-state index in [1.54, 1.807) is 0 Å². The molecule has 0 fully saturated rings. The van der Waals surface area contributed by atoms with Crippen molar-refractivity contribution in [3.8, 4) is 51.7 Å². The minimum atomic E-state index is -1.32. The summed E-state index contributed by atoms with van der Waals surface area (Å²) < 4.78 is 33.7. The number of fused-ring (bicyclic) bond motifs is 1. The van der Waals surface area contributed by atoms with Gasteiger partial charge in [0, 0.05) is 55.9 Å². The van der Waals surface area contributed by atoms with Gasteiger partial charge in [-0.2, -0.15) is 0 Å². The maximum Gasteiger partial charge on any atom is 0.338 e. The summed E-state index contributed by atoms with van der Waals surface area (Å²) in [4.78, 5) is 64.1. The van der Waals surface area contributed by atoms with E-state index in [1.807, 2.05) is 20.8 Å². The fourth-order valence-electron chi connectivity index (χ4n) is 6.05. The summed E-state index contributed by atoms with van der Waals surface area (Å²) in [6, 6.07) is 6.88. The second-order valence-corrected chi connectivity index (χ2v) is 13.7. The maximum atomic E-state index is 13.9. The molecule has 3 aromatic carbocycles. The molecule has 4 rings (SSSR count). The molecule has 0 saturated heterocycles. The minimum Gasteiger partial charge on any atom is -0.508 e. The number of aromatic hydroxyl groups is 4. The van der Waals surface area contributed by atoms with Crippen molar-refractivity contribution in [1.29, 1.82) is 0 Å². The zero-order valence-electron chi connectivity index (χ0n) is 32.6. The Hall–Kier alpha value is -5.99. The van der Waals surface area contributed by atoms with Crippen molar-refractivity contribution in [2.24, 2.45) is 0 Å². The first kappa shape index (κ1) is 43.7. The number of ether oxygens (including phenoxy) is 6. The molecule has 4 N–H and O–H groups in total. The maximum absolute atomic E-state index is 13.9. The van der Waals surface area contributed by atoms with Crippen LogP contribution in [0.25, 0.3) is 0 Å². The number of hydrogen-bond donors (Lipinski definition) is 4. The molecule has 57 heavy (non-hydrogen) atoms. The molecule has 0 saturated carbocycles. The minimum absolute atomic E-state index is 0.00754. The summed E-state index contributed by atoms with van der Waals surface area (Å²) in [5, 5.41) is 43.0. The van der Waals surface area contributed by atoms with Crippen LogP contribution in [0, 0.1) is 0 Å². The van der Waals surface area contributed by atoms with Gasteiger partial charge >= 0.3 is 29.8 Å². The van der Waals surface area contributed by atoms with Crippen LogP contribution in [-0.4, -0.2) is 56.4 Å². The Morgan fingerprint density at radius 1 is 0.632 bits per heavy atom. The third-order valence-corrected chi connectivity index (χ3v) is 8.97. The zero-order valence-corrected chi connectivity index (χ0v) is 32.6. The number of phenolic OH excluding ortho intramolecular Hbond substituents is 4. The summed E-state index contributed by atoms with van der Waals surface area (Å²) in [6.07, 6.45) is 3.60. The van der Waals surface area contributed by atoms with Crippen LogP contribution >= 0.6 is 0 Å². The summed E-state index contributed by atoms with van der Waals surface area (Å²) in [5.74, 6) is -7.68. The van der Waals surface area contributed by atoms with Crippen molar-refractivity contribution in [2.75, 3.05) is 0 Å². The van der Waals surface area contributed by atoms with Gasteiger partial charge in [0.1, 0.15) is 23.4 Å². The molecule has 2 unspecified atom stereocenters. The van der Waals surface area contributed by atoms with Crippen LogP contribution in [0.1, 0.15) is 132 Å². The van der Waals surface area contributed by atoms with Gasteiger partial charge in [0.15, 0.2) is 29.1 Å². The first-order valence-electron chi connectivity index (χ1n) is 19.2. The number of carbonyl (C=O) groups excluding carboxylic acids is 5. The Balaban J connectivity index is 1.78. The third-order valence-electron chi connectivity index (χ3n) is 8.97. The molecule has 1 aliphatic heterocycles. The van der Waals surface area contributed by atoms with Crippen LogP contribution in [0.3, 0.4) is 0 Å². The zero-order chi connectivity index (χ0) is 41.6. The number of carbonyl (C=O) groups is 5. The highest BCUT2D eigenvalue weighted by atomic mass is 16.6. The van der Waals surface area contributed by atoms with E-state index in [9.17, 15) is 44.4 Å². The number of hydrogen-bond acceptors (Lipinski definition) is 15. The summed E-state index contributed by atoms with van der Waals surface area (Å²) in [5.41, 5.74) is -0.0624. The van der Waals surface area contributed by atoms with E-state index < -0.39 is 65.1 Å². The summed E-state index contributed by atoms with van der Waals surface area (Å²) in [7, 11) is 0. The molecule has 0 bridgehead atoms. The average Bonchev–Trinajstić information content (AvgIpc) is 3.14. The second-order valence-electron chi connectivity index (χ2n) is 13.7. The van der Waals surface area contributed by atoms with Crippen molar-refractivity contribution >= 4 is 29.8 Å². The van der Waals surface area contributed by atoms with Gasteiger partial charge in [0.25, 0.3) is 0 Å². The normalized spacial score (nSPS) is 14.5. The Morgan fingerprint density at radius 2 is 1.09 bits per heavy atom. The molecule has 0 radical (unpaired) electrons. The topological polar surface area (TPSA) is 222 Å². The van der Waals surface area contributed by atoms with Crippen molar-refractivity contribution < 1.29 is 72.8 Å². The first-order valence-corrected chi connectivity index (χ1v) is 19.2. The van der Waals surface area contributed by atoms with Gasteiger partial charge in [-0.3, -0.25) is 19.2 Å². The Labute approximate surface area is 330 Å². The van der Waals surface area contributed by atoms with E-state index in [0.29, 0.717) is 19.3 Å². The van der Waals surface area contributed by atoms with Crippen molar-refractivity contribution in [2.45, 2.75) is 123 Å². The molecule has 308 valence electrons. The molecule has 15 nitrogen and oxygen atoms in total. The molecule has 15 heteroatoms. The van der Waals surface area contributed by atoms with Crippen molar-refractivity contribution in [3.63, 3.8) is 0 Å². The molecule has 0 spiro atoms. The lowest BCUT2D eigenvalue weighted by Gasteiger charge is -2.34. The van der Waals surface area contributed by atoms with Crippen LogP contribution < -0.4 is 23.7 Å². The second kappa shape index (κ2) is 20.8. The summed E-state index contributed by atoms with van der Waals surface area (Å²) in [6.45, 7) is 6.96. The van der Waals surface area contributed by atoms with E-state index in [2.05, 4.69) is 0 Å². The fourth-order valence-corrected chi connectivity index (χ4v) is 6.05. The van der Waals surface area contributed by atoms with Crippen LogP contribution in [0.15, 0.2) is 36.4 Å². The lowest BCUT2D eigenvalue weighted by atomic mass is 9.93. The predicted octanol–water partition coefficient (Wildman–Crippen LogP) is 7.79. The molecule has 0 amide bonds. The molecule has 1 heterocycles. The average molecular weight is 795 g/mol. The molecule has 1 aliphatic rings. The molecule has 3 aromatic rings. The van der Waals surface area contributed by atoms with Crippen LogP contribution in [-0.2, 0) is 30.3 Å². The quantitative estimate of drug-likeness (QED) is 0.0516. The van der Waals surface area contributed by atoms with Gasteiger partial charge in [-0.1, -0.05) is 59.3 Å². The summed E-state index contributed by atoms with van der Waals surface area (Å²) >= 11 is 0. The number of unbranched alkanes of at least 4 members (excludes halogenated alkanes) is 6. The number of phenols is 4. The van der Waals surface area contributed by atoms with E-state index in [0.717, 1.165) is 63.6 Å². The Kier molecular flexibility index (Phi) is 16.0. The largest absolute Gasteiger partial charge is 0.508 e. The monoisotopic (exact) mass is 794 g/mol. The Morgan fingerprint density at radius 3 is 1.54 bits per heavy atom. The lowest BCUT2D eigenvalue weighted by molar-refractivity contribution is -0.135. The van der Waals surface area contributed by atoms with Crippen molar-refractivity contribution in [3.05, 3.63) is 53.1 Å². The van der Waals surface area contributed by atoms with Gasteiger partial charge in [0.2, 0.25) is 11.5 Å². The number of esters is 5. The van der Waals surface area contributed by atoms with Gasteiger partial charge in [-0.15, -0.1) is 0 Å². The lowest BCUT2D eigenvalue weighted by Crippen LogP contribution is -2.35. The van der Waals surface area contributed by atoms with Gasteiger partial charge in [0.05, 0.1) is 5.56 Å². The highest BCUT2D eigenvalue weighted by Crippen LogP contribution is 2.47. The van der Waals surface area contributed by atoms with Crippen LogP contribution in [0.4, 0.5) is 0 Å². The van der Waals surface area contributed by atoms with Gasteiger partial charge < -0.3 is 48.8 Å². The van der Waals surface area contributed by atoms with Gasteiger partial charge in [-0.05, 0) is 43.5 Å². The Bertz CT molecular complexity index is 1890. The fraction of sp³-hybridized carbons (Fsp3) is 0.452. The van der Waals surface area contributed by atoms with Crippen LogP contribution in [0.5, 0.6) is 51.7 Å². The highest BCUT2D eigenvalue weighted by molar-refractivity contribution is 5.92. The predicted molar refractivity (Wildman–Crippen MR) is 203 cm³/mol. The van der Waals surface area contributed by atoms with Crippen LogP contribution in [0.2, 0.25) is 0 Å². The van der Waals surface area contributed by atoms with Crippen molar-refractivity contribution in [1.82, 2.24) is 0 Å². The number of benzene rings is 3. The van der Waals surface area contributed by atoms with E-state index in [4.69, 9.17) is 28.4 Å². The highest BCUT2D eigenvalue weighted by Gasteiger charge is 2.38. The smallest absolute Gasteiger partial charge is 0.338 e. The van der Waals surface area contributed by atoms with E-state index in [-0.39, 0.29) is 71.1 Å². The number of rotatable bonds is 19. The third kappa shape index (κ3) is 12.2. The molecule has 2 atom stereocenters. The molecule has 0 aromatic heterocycles. The standard InChI is InChI=1S/C42H50O15/c1-5-8-11-14-36(46)53-32-17-25(18-33(40(32)50)54-37(47)15-12-9-6-2)41-35(23-28-29(45)21-27(44)22-30(28)56-41)57-42(51)26-19-31(52-24(4)43)39(49)34(20-26)55-38(48)16-13-10-7-3/h17-22,35,41,44-45,49-50H,5-16,23H2,1-4H3. The first-order chi connectivity index (χ1) is 27.2. The molecular weight excluding hydrogens is 744 g/mol. The molecule has 0 aliphatic carbocycles. The molecular formula is C42H50O15. The van der Waals surface area contributed by atoms with E-state index >= 15 is 0 Å². The van der Waals surface area contributed by atoms with E-state index in [1.165, 1.54) is 18.2 Å².